The van der Waals surface area contributed by atoms with Crippen LogP contribution in [0, 0.1) is 19.7 Å². The van der Waals surface area contributed by atoms with Gasteiger partial charge in [0, 0.05) is 42.4 Å². The number of carbonyl (C=O) groups is 2. The highest BCUT2D eigenvalue weighted by molar-refractivity contribution is 7.99. The molecule has 1 aliphatic rings. The van der Waals surface area contributed by atoms with Crippen molar-refractivity contribution in [3.8, 4) is 0 Å². The summed E-state index contributed by atoms with van der Waals surface area (Å²) >= 11 is 1.21. The first-order valence-corrected chi connectivity index (χ1v) is 15.1. The Morgan fingerprint density at radius 3 is 2.33 bits per heavy atom. The molecule has 0 radical (unpaired) electrons. The molecule has 5 rings (SSSR count). The molecule has 1 saturated heterocycles. The molecule has 0 bridgehead atoms. The Morgan fingerprint density at radius 1 is 0.953 bits per heavy atom. The summed E-state index contributed by atoms with van der Waals surface area (Å²) in [7, 11) is 0. The molecular formula is C33H34FN5O3S. The lowest BCUT2D eigenvalue weighted by Crippen LogP contribution is -2.42. The number of anilines is 2. The third-order valence-corrected chi connectivity index (χ3v) is 7.87. The zero-order valence-corrected chi connectivity index (χ0v) is 25.0. The van der Waals surface area contributed by atoms with Gasteiger partial charge in [-0.05, 0) is 67.4 Å². The Labute approximate surface area is 255 Å². The molecule has 0 saturated carbocycles. The fourth-order valence-electron chi connectivity index (χ4n) is 5.01. The molecule has 0 aliphatic carbocycles. The first-order valence-electron chi connectivity index (χ1n) is 14.1. The fraction of sp³-hybridized carbons (Fsp3) is 0.273. The Bertz CT molecular complexity index is 1530. The van der Waals surface area contributed by atoms with Gasteiger partial charge in [0.25, 0.3) is 5.91 Å². The van der Waals surface area contributed by atoms with Crippen molar-refractivity contribution in [2.45, 2.75) is 31.6 Å². The number of aromatic nitrogens is 2. The number of halogens is 1. The quantitative estimate of drug-likeness (QED) is 0.188. The number of benzene rings is 3. The van der Waals surface area contributed by atoms with Crippen LogP contribution in [0.3, 0.4) is 0 Å². The molecule has 1 unspecified atom stereocenters. The molecule has 1 fully saturated rings. The summed E-state index contributed by atoms with van der Waals surface area (Å²) in [5, 5.41) is 3.45. The van der Waals surface area contributed by atoms with E-state index in [-0.39, 0.29) is 18.2 Å². The summed E-state index contributed by atoms with van der Waals surface area (Å²) in [6, 6.07) is 23.6. The molecule has 1 N–H and O–H groups in total. The summed E-state index contributed by atoms with van der Waals surface area (Å²) in [4.78, 5) is 40.5. The standard InChI is InChI=1S/C33H34FN5O3S/c1-23-19-24(2)36-33(35-23)43-22-30(40)39(21-25-7-4-3-5-8-25)31(26-9-6-10-27(34)20-26)32(41)37-28-11-13-29(14-12-28)38-15-17-42-18-16-38/h3-14,19-20,31H,15-18,21-22H2,1-2H3,(H,37,41). The van der Waals surface area contributed by atoms with Gasteiger partial charge in [-0.1, -0.05) is 54.2 Å². The second kappa shape index (κ2) is 14.3. The third kappa shape index (κ3) is 8.18. The molecule has 3 aromatic carbocycles. The van der Waals surface area contributed by atoms with E-state index in [9.17, 15) is 14.0 Å². The van der Waals surface area contributed by atoms with Crippen LogP contribution in [0.4, 0.5) is 15.8 Å². The number of thioether (sulfide) groups is 1. The van der Waals surface area contributed by atoms with E-state index < -0.39 is 17.8 Å². The molecule has 1 aliphatic heterocycles. The summed E-state index contributed by atoms with van der Waals surface area (Å²) in [6.45, 7) is 6.85. The zero-order valence-electron chi connectivity index (χ0n) is 24.2. The first-order chi connectivity index (χ1) is 20.9. The molecule has 4 aromatic rings. The minimum atomic E-state index is -1.09. The van der Waals surface area contributed by atoms with Gasteiger partial charge in [0.15, 0.2) is 5.16 Å². The fourth-order valence-corrected chi connectivity index (χ4v) is 5.84. The number of nitrogens with one attached hydrogen (secondary N) is 1. The number of amides is 2. The highest BCUT2D eigenvalue weighted by Gasteiger charge is 2.32. The van der Waals surface area contributed by atoms with Crippen LogP contribution in [0.1, 0.15) is 28.6 Å². The average Bonchev–Trinajstić information content (AvgIpc) is 3.00. The number of aryl methyl sites for hydroxylation is 2. The van der Waals surface area contributed by atoms with Crippen LogP contribution in [-0.4, -0.2) is 58.7 Å². The van der Waals surface area contributed by atoms with E-state index in [0.717, 1.165) is 35.7 Å². The van der Waals surface area contributed by atoms with E-state index in [4.69, 9.17) is 4.74 Å². The van der Waals surface area contributed by atoms with Crippen LogP contribution in [0.2, 0.25) is 0 Å². The predicted molar refractivity (Wildman–Crippen MR) is 166 cm³/mol. The summed E-state index contributed by atoms with van der Waals surface area (Å²) in [5.74, 6) is -1.23. The monoisotopic (exact) mass is 599 g/mol. The second-order valence-electron chi connectivity index (χ2n) is 10.3. The van der Waals surface area contributed by atoms with Crippen molar-refractivity contribution in [1.29, 1.82) is 0 Å². The van der Waals surface area contributed by atoms with Crippen LogP contribution in [0.25, 0.3) is 0 Å². The molecular weight excluding hydrogens is 565 g/mol. The molecule has 2 amide bonds. The van der Waals surface area contributed by atoms with Crippen molar-refractivity contribution in [3.05, 3.63) is 113 Å². The van der Waals surface area contributed by atoms with Crippen molar-refractivity contribution in [2.75, 3.05) is 42.3 Å². The first kappa shape index (κ1) is 30.2. The van der Waals surface area contributed by atoms with Crippen molar-refractivity contribution < 1.29 is 18.7 Å². The van der Waals surface area contributed by atoms with Gasteiger partial charge in [-0.2, -0.15) is 0 Å². The van der Waals surface area contributed by atoms with Crippen LogP contribution < -0.4 is 10.2 Å². The normalized spacial score (nSPS) is 13.8. The number of rotatable bonds is 10. The third-order valence-electron chi connectivity index (χ3n) is 7.04. The maximum absolute atomic E-state index is 14.5. The van der Waals surface area contributed by atoms with Crippen molar-refractivity contribution in [1.82, 2.24) is 14.9 Å². The summed E-state index contributed by atoms with van der Waals surface area (Å²) in [6.07, 6.45) is 0. The molecule has 2 heterocycles. The van der Waals surface area contributed by atoms with Gasteiger partial charge in [-0.25, -0.2) is 14.4 Å². The van der Waals surface area contributed by atoms with E-state index in [0.29, 0.717) is 29.6 Å². The minimum Gasteiger partial charge on any atom is -0.378 e. The maximum Gasteiger partial charge on any atom is 0.251 e. The molecule has 43 heavy (non-hydrogen) atoms. The molecule has 0 spiro atoms. The van der Waals surface area contributed by atoms with Gasteiger partial charge in [0.1, 0.15) is 11.9 Å². The second-order valence-corrected chi connectivity index (χ2v) is 11.3. The Morgan fingerprint density at radius 2 is 1.65 bits per heavy atom. The van der Waals surface area contributed by atoms with Gasteiger partial charge in [-0.15, -0.1) is 0 Å². The number of hydrogen-bond acceptors (Lipinski definition) is 7. The minimum absolute atomic E-state index is 0.00304. The maximum atomic E-state index is 14.5. The van der Waals surface area contributed by atoms with Crippen LogP contribution in [0.15, 0.2) is 90.1 Å². The van der Waals surface area contributed by atoms with Crippen LogP contribution in [0.5, 0.6) is 0 Å². The zero-order chi connectivity index (χ0) is 30.2. The lowest BCUT2D eigenvalue weighted by molar-refractivity contribution is -0.137. The molecule has 1 atom stereocenters. The van der Waals surface area contributed by atoms with Gasteiger partial charge >= 0.3 is 0 Å². The molecule has 1 aromatic heterocycles. The highest BCUT2D eigenvalue weighted by atomic mass is 32.2. The smallest absolute Gasteiger partial charge is 0.251 e. The van der Waals surface area contributed by atoms with Gasteiger partial charge in [0.2, 0.25) is 5.91 Å². The summed E-state index contributed by atoms with van der Waals surface area (Å²) < 4.78 is 20.0. The average molecular weight is 600 g/mol. The van der Waals surface area contributed by atoms with Crippen molar-refractivity contribution in [3.63, 3.8) is 0 Å². The molecule has 8 nitrogen and oxygen atoms in total. The van der Waals surface area contributed by atoms with E-state index in [1.165, 1.54) is 28.8 Å². The number of hydrogen-bond donors (Lipinski definition) is 1. The lowest BCUT2D eigenvalue weighted by atomic mass is 10.0. The van der Waals surface area contributed by atoms with Gasteiger partial charge in [0.05, 0.1) is 19.0 Å². The Balaban J connectivity index is 1.43. The van der Waals surface area contributed by atoms with E-state index in [2.05, 4.69) is 20.2 Å². The van der Waals surface area contributed by atoms with Crippen molar-refractivity contribution in [2.24, 2.45) is 0 Å². The topological polar surface area (TPSA) is 87.7 Å². The van der Waals surface area contributed by atoms with Crippen molar-refractivity contribution >= 4 is 35.0 Å². The Kier molecular flexibility index (Phi) is 10.0. The number of morpholine rings is 1. The van der Waals surface area contributed by atoms with Gasteiger partial charge in [-0.3, -0.25) is 9.59 Å². The predicted octanol–water partition coefficient (Wildman–Crippen LogP) is 5.57. The van der Waals surface area contributed by atoms with E-state index in [1.807, 2.05) is 74.5 Å². The number of carbonyl (C=O) groups excluding carboxylic acids is 2. The van der Waals surface area contributed by atoms with E-state index in [1.54, 1.807) is 12.1 Å². The molecule has 10 heteroatoms. The van der Waals surface area contributed by atoms with Gasteiger partial charge < -0.3 is 19.9 Å². The van der Waals surface area contributed by atoms with E-state index >= 15 is 0 Å². The molecule has 222 valence electrons. The largest absolute Gasteiger partial charge is 0.378 e. The number of ether oxygens (including phenoxy) is 1. The lowest BCUT2D eigenvalue weighted by Gasteiger charge is -2.32. The van der Waals surface area contributed by atoms with Crippen LogP contribution >= 0.6 is 11.8 Å². The SMILES string of the molecule is Cc1cc(C)nc(SCC(=O)N(Cc2ccccc2)C(C(=O)Nc2ccc(N3CCOCC3)cc2)c2cccc(F)c2)n1. The van der Waals surface area contributed by atoms with Crippen LogP contribution in [-0.2, 0) is 20.9 Å². The summed E-state index contributed by atoms with van der Waals surface area (Å²) in [5.41, 5.74) is 4.44. The number of nitrogens with zero attached hydrogens (tertiary/aromatic N) is 4. The highest BCUT2D eigenvalue weighted by Crippen LogP contribution is 2.28. The Hall–Kier alpha value is -4.28.